The van der Waals surface area contributed by atoms with Gasteiger partial charge in [0.15, 0.2) is 0 Å². The van der Waals surface area contributed by atoms with Gasteiger partial charge < -0.3 is 0 Å². The third-order valence-corrected chi connectivity index (χ3v) is 3.39. The molecule has 1 heterocycles. The highest BCUT2D eigenvalue weighted by molar-refractivity contribution is 7.97. The van der Waals surface area contributed by atoms with Crippen LogP contribution in [-0.2, 0) is 0 Å². The largest absolute Gasteiger partial charge is 0.246 e. The number of hydrogen-bond acceptors (Lipinski definition) is 2. The molecule has 1 aromatic carbocycles. The van der Waals surface area contributed by atoms with Crippen molar-refractivity contribution >= 4 is 35.1 Å². The van der Waals surface area contributed by atoms with E-state index in [9.17, 15) is 0 Å². The Morgan fingerprint density at radius 1 is 1.08 bits per heavy atom. The fraction of sp³-hybridized carbons (Fsp3) is 0.333. The number of halogens is 2. The normalized spacial score (nSPS) is 17.1. The lowest BCUT2D eigenvalue weighted by molar-refractivity contribution is 0.344. The van der Waals surface area contributed by atoms with Gasteiger partial charge in [-0.3, -0.25) is 0 Å². The summed E-state index contributed by atoms with van der Waals surface area (Å²) in [6.07, 6.45) is 1.29. The maximum Gasteiger partial charge on any atom is 0.0432 e. The molecule has 70 valence electrons. The van der Waals surface area contributed by atoms with Crippen molar-refractivity contribution in [2.24, 2.45) is 0 Å². The van der Waals surface area contributed by atoms with Gasteiger partial charge in [0.25, 0.3) is 0 Å². The Labute approximate surface area is 92.1 Å². The lowest BCUT2D eigenvalue weighted by Crippen LogP contribution is -2.30. The Balaban J connectivity index is 2.10. The first-order valence-corrected chi connectivity index (χ1v) is 5.66. The van der Waals surface area contributed by atoms with Crippen LogP contribution in [-0.4, -0.2) is 17.4 Å². The summed E-state index contributed by atoms with van der Waals surface area (Å²) in [7, 11) is 0. The molecule has 1 fully saturated rings. The van der Waals surface area contributed by atoms with Crippen LogP contribution in [0, 0.1) is 0 Å². The van der Waals surface area contributed by atoms with Crippen molar-refractivity contribution in [2.75, 3.05) is 13.1 Å². The molecule has 0 atom stereocenters. The second-order valence-corrected chi connectivity index (χ2v) is 5.02. The smallest absolute Gasteiger partial charge is 0.0432 e. The zero-order valence-electron chi connectivity index (χ0n) is 6.96. The Morgan fingerprint density at radius 2 is 1.69 bits per heavy atom. The van der Waals surface area contributed by atoms with E-state index in [1.807, 2.05) is 12.1 Å². The molecule has 0 N–H and O–H groups in total. The van der Waals surface area contributed by atoms with Crippen LogP contribution in [0.1, 0.15) is 6.42 Å². The Hall–Kier alpha value is 0.110. The van der Waals surface area contributed by atoms with Gasteiger partial charge in [0, 0.05) is 28.0 Å². The fourth-order valence-electron chi connectivity index (χ4n) is 1.11. The Bertz CT molecular complexity index is 292. The van der Waals surface area contributed by atoms with Gasteiger partial charge >= 0.3 is 0 Å². The van der Waals surface area contributed by atoms with Gasteiger partial charge in [0.05, 0.1) is 0 Å². The molecule has 0 spiro atoms. The molecule has 1 aliphatic heterocycles. The highest BCUT2D eigenvalue weighted by Gasteiger charge is 2.15. The van der Waals surface area contributed by atoms with E-state index in [0.29, 0.717) is 10.0 Å². The third-order valence-electron chi connectivity index (χ3n) is 1.89. The van der Waals surface area contributed by atoms with Crippen LogP contribution in [0.25, 0.3) is 0 Å². The number of rotatable bonds is 2. The molecule has 13 heavy (non-hydrogen) atoms. The minimum absolute atomic E-state index is 0.704. The second kappa shape index (κ2) is 4.09. The number of benzene rings is 1. The van der Waals surface area contributed by atoms with E-state index in [1.54, 1.807) is 18.0 Å². The van der Waals surface area contributed by atoms with Gasteiger partial charge in [0.1, 0.15) is 0 Å². The molecule has 0 amide bonds. The molecule has 1 aromatic rings. The summed E-state index contributed by atoms with van der Waals surface area (Å²) in [4.78, 5) is 1.12. The summed E-state index contributed by atoms with van der Waals surface area (Å²) in [5.74, 6) is 0. The molecule has 4 heteroatoms. The topological polar surface area (TPSA) is 3.24 Å². The average molecular weight is 234 g/mol. The van der Waals surface area contributed by atoms with E-state index in [1.165, 1.54) is 6.42 Å². The van der Waals surface area contributed by atoms with Crippen molar-refractivity contribution in [3.05, 3.63) is 28.2 Å². The monoisotopic (exact) mass is 233 g/mol. The van der Waals surface area contributed by atoms with Crippen molar-refractivity contribution in [1.29, 1.82) is 0 Å². The summed E-state index contributed by atoms with van der Waals surface area (Å²) in [5, 5.41) is 1.41. The van der Waals surface area contributed by atoms with Crippen LogP contribution in [0.4, 0.5) is 0 Å². The van der Waals surface area contributed by atoms with E-state index in [0.717, 1.165) is 18.0 Å². The molecular formula is C9H9Cl2NS. The van der Waals surface area contributed by atoms with E-state index < -0.39 is 0 Å². The SMILES string of the molecule is Clc1cc(Cl)cc(SN2CCC2)c1. The van der Waals surface area contributed by atoms with Gasteiger partial charge in [-0.05, 0) is 36.6 Å². The predicted molar refractivity (Wildman–Crippen MR) is 58.5 cm³/mol. The molecule has 1 nitrogen and oxygen atoms in total. The predicted octanol–water partition coefficient (Wildman–Crippen LogP) is 3.71. The highest BCUT2D eigenvalue weighted by atomic mass is 35.5. The molecule has 1 saturated heterocycles. The van der Waals surface area contributed by atoms with Crippen molar-refractivity contribution in [1.82, 2.24) is 4.31 Å². The van der Waals surface area contributed by atoms with Crippen LogP contribution in [0.2, 0.25) is 10.0 Å². The van der Waals surface area contributed by atoms with Crippen LogP contribution >= 0.6 is 35.1 Å². The first-order chi connectivity index (χ1) is 6.24. The Kier molecular flexibility index (Phi) is 3.04. The third kappa shape index (κ3) is 2.53. The molecule has 0 bridgehead atoms. The summed E-state index contributed by atoms with van der Waals surface area (Å²) in [5.41, 5.74) is 0. The molecule has 0 saturated carbocycles. The maximum atomic E-state index is 5.88. The number of hydrogen-bond donors (Lipinski definition) is 0. The van der Waals surface area contributed by atoms with Gasteiger partial charge in [-0.15, -0.1) is 0 Å². The zero-order chi connectivity index (χ0) is 9.26. The second-order valence-electron chi connectivity index (χ2n) is 2.98. The van der Waals surface area contributed by atoms with Crippen molar-refractivity contribution in [2.45, 2.75) is 11.3 Å². The lowest BCUT2D eigenvalue weighted by atomic mass is 10.3. The van der Waals surface area contributed by atoms with Crippen LogP contribution in [0.5, 0.6) is 0 Å². The zero-order valence-corrected chi connectivity index (χ0v) is 9.29. The summed E-state index contributed by atoms with van der Waals surface area (Å²) in [6, 6.07) is 5.64. The summed E-state index contributed by atoms with van der Waals surface area (Å²) in [6.45, 7) is 2.32. The molecular weight excluding hydrogens is 225 g/mol. The number of nitrogens with zero attached hydrogens (tertiary/aromatic N) is 1. The van der Waals surface area contributed by atoms with Crippen molar-refractivity contribution in [3.63, 3.8) is 0 Å². The van der Waals surface area contributed by atoms with E-state index >= 15 is 0 Å². The van der Waals surface area contributed by atoms with Gasteiger partial charge in [-0.2, -0.15) is 0 Å². The van der Waals surface area contributed by atoms with Crippen molar-refractivity contribution < 1.29 is 0 Å². The maximum absolute atomic E-state index is 5.88. The molecule has 2 rings (SSSR count). The van der Waals surface area contributed by atoms with E-state index in [4.69, 9.17) is 23.2 Å². The quantitative estimate of drug-likeness (QED) is 0.717. The highest BCUT2D eigenvalue weighted by Crippen LogP contribution is 2.31. The van der Waals surface area contributed by atoms with Crippen LogP contribution in [0.15, 0.2) is 23.1 Å². The van der Waals surface area contributed by atoms with E-state index in [-0.39, 0.29) is 0 Å². The lowest BCUT2D eigenvalue weighted by Gasteiger charge is -2.29. The van der Waals surface area contributed by atoms with Crippen LogP contribution < -0.4 is 0 Å². The summed E-state index contributed by atoms with van der Waals surface area (Å²) < 4.78 is 2.29. The van der Waals surface area contributed by atoms with Gasteiger partial charge in [-0.1, -0.05) is 23.2 Å². The molecule has 1 aliphatic rings. The molecule has 0 unspecified atom stereocenters. The molecule has 0 aliphatic carbocycles. The minimum atomic E-state index is 0.704. The average Bonchev–Trinajstić information content (AvgIpc) is 1.95. The molecule has 0 radical (unpaired) electrons. The molecule has 0 aromatic heterocycles. The fourth-order valence-corrected chi connectivity index (χ4v) is 2.86. The first-order valence-electron chi connectivity index (χ1n) is 4.13. The van der Waals surface area contributed by atoms with Crippen LogP contribution in [0.3, 0.4) is 0 Å². The van der Waals surface area contributed by atoms with Gasteiger partial charge in [-0.25, -0.2) is 4.31 Å². The summed E-state index contributed by atoms with van der Waals surface area (Å²) >= 11 is 13.5. The first kappa shape index (κ1) is 9.66. The van der Waals surface area contributed by atoms with Crippen molar-refractivity contribution in [3.8, 4) is 0 Å². The standard InChI is InChI=1S/C9H9Cl2NS/c10-7-4-8(11)6-9(5-7)13-12-2-1-3-12/h4-6H,1-3H2. The minimum Gasteiger partial charge on any atom is -0.246 e. The van der Waals surface area contributed by atoms with E-state index in [2.05, 4.69) is 4.31 Å². The Morgan fingerprint density at radius 3 is 2.15 bits per heavy atom. The van der Waals surface area contributed by atoms with Gasteiger partial charge in [0.2, 0.25) is 0 Å².